The molecule has 3 aromatic rings. The first kappa shape index (κ1) is 26.1. The van der Waals surface area contributed by atoms with Crippen LogP contribution in [0.5, 0.6) is 0 Å². The lowest BCUT2D eigenvalue weighted by molar-refractivity contribution is 0.247. The first-order chi connectivity index (χ1) is 15.0. The van der Waals surface area contributed by atoms with Gasteiger partial charge in [-0.1, -0.05) is 91.0 Å². The smallest absolute Gasteiger partial charge is 0.0820 e. The molecule has 3 aromatic carbocycles. The SMILES string of the molecule is C=C(C)O.CF.Cc1cccc(CN(Cc2ccccc2)Cc2cccc(CN)c2)c1. The van der Waals surface area contributed by atoms with Crippen molar-refractivity contribution in [2.45, 2.75) is 40.0 Å². The highest BCUT2D eigenvalue weighted by atomic mass is 19.1. The fraction of sp³-hybridized carbons (Fsp3) is 0.259. The Bertz CT molecular complexity index is 893. The second kappa shape index (κ2) is 14.9. The van der Waals surface area contributed by atoms with Gasteiger partial charge in [-0.3, -0.25) is 9.29 Å². The number of hydrogen-bond donors (Lipinski definition) is 2. The normalized spacial score (nSPS) is 9.87. The van der Waals surface area contributed by atoms with E-state index in [1.165, 1.54) is 34.7 Å². The number of rotatable bonds is 7. The van der Waals surface area contributed by atoms with Gasteiger partial charge in [0.25, 0.3) is 0 Å². The lowest BCUT2D eigenvalue weighted by Gasteiger charge is -2.23. The van der Waals surface area contributed by atoms with Crippen LogP contribution < -0.4 is 5.73 Å². The van der Waals surface area contributed by atoms with E-state index in [9.17, 15) is 4.39 Å². The van der Waals surface area contributed by atoms with Crippen LogP contribution in [-0.2, 0) is 26.2 Å². The van der Waals surface area contributed by atoms with Gasteiger partial charge in [-0.05, 0) is 36.1 Å². The van der Waals surface area contributed by atoms with Gasteiger partial charge < -0.3 is 10.8 Å². The molecular weight excluding hydrogens is 387 g/mol. The first-order valence-electron chi connectivity index (χ1n) is 10.3. The van der Waals surface area contributed by atoms with E-state index in [0.29, 0.717) is 13.7 Å². The van der Waals surface area contributed by atoms with Crippen LogP contribution in [0.1, 0.15) is 34.7 Å². The highest BCUT2D eigenvalue weighted by molar-refractivity contribution is 5.25. The van der Waals surface area contributed by atoms with E-state index in [1.807, 2.05) is 0 Å². The molecule has 0 unspecified atom stereocenters. The molecule has 0 aliphatic carbocycles. The van der Waals surface area contributed by atoms with Crippen molar-refractivity contribution in [1.82, 2.24) is 4.90 Å². The molecule has 0 aliphatic rings. The molecule has 0 atom stereocenters. The molecule has 31 heavy (non-hydrogen) atoms. The summed E-state index contributed by atoms with van der Waals surface area (Å²) in [7, 11) is 0.500. The van der Waals surface area contributed by atoms with Gasteiger partial charge in [-0.25, -0.2) is 0 Å². The number of aliphatic hydroxyl groups excluding tert-OH is 1. The number of halogens is 1. The Morgan fingerprint density at radius 3 is 1.81 bits per heavy atom. The molecule has 3 N–H and O–H groups in total. The zero-order valence-corrected chi connectivity index (χ0v) is 18.9. The van der Waals surface area contributed by atoms with Crippen molar-refractivity contribution in [3.05, 3.63) is 119 Å². The van der Waals surface area contributed by atoms with Gasteiger partial charge in [-0.15, -0.1) is 0 Å². The van der Waals surface area contributed by atoms with Crippen LogP contribution in [0, 0.1) is 6.92 Å². The Kier molecular flexibility index (Phi) is 12.6. The van der Waals surface area contributed by atoms with Crippen molar-refractivity contribution in [2.75, 3.05) is 7.18 Å². The molecule has 0 amide bonds. The number of hydrogen-bond acceptors (Lipinski definition) is 3. The van der Waals surface area contributed by atoms with E-state index in [-0.39, 0.29) is 5.76 Å². The Morgan fingerprint density at radius 1 is 0.806 bits per heavy atom. The molecule has 0 aromatic heterocycles. The van der Waals surface area contributed by atoms with Gasteiger partial charge in [0, 0.05) is 26.2 Å². The summed E-state index contributed by atoms with van der Waals surface area (Å²) in [6, 6.07) is 28.0. The van der Waals surface area contributed by atoms with Gasteiger partial charge in [0.05, 0.1) is 12.9 Å². The maximum absolute atomic E-state index is 9.50. The number of nitrogens with two attached hydrogens (primary N) is 1. The summed E-state index contributed by atoms with van der Waals surface area (Å²) in [5.74, 6) is 0.167. The summed E-state index contributed by atoms with van der Waals surface area (Å²) in [5, 5.41) is 7.86. The van der Waals surface area contributed by atoms with Gasteiger partial charge in [-0.2, -0.15) is 0 Å². The van der Waals surface area contributed by atoms with Gasteiger partial charge in [0.2, 0.25) is 0 Å². The summed E-state index contributed by atoms with van der Waals surface area (Å²) in [6.45, 7) is 10.2. The highest BCUT2D eigenvalue weighted by Crippen LogP contribution is 2.16. The highest BCUT2D eigenvalue weighted by Gasteiger charge is 2.09. The molecule has 0 heterocycles. The monoisotopic (exact) mass is 422 g/mol. The molecule has 166 valence electrons. The topological polar surface area (TPSA) is 49.5 Å². The lowest BCUT2D eigenvalue weighted by atomic mass is 10.1. The molecule has 0 aliphatic heterocycles. The van der Waals surface area contributed by atoms with Crippen LogP contribution in [0.25, 0.3) is 0 Å². The Morgan fingerprint density at radius 2 is 1.26 bits per heavy atom. The third-order valence-electron chi connectivity index (χ3n) is 4.37. The Labute approximate surface area is 186 Å². The van der Waals surface area contributed by atoms with Crippen LogP contribution >= 0.6 is 0 Å². The van der Waals surface area contributed by atoms with E-state index in [4.69, 9.17) is 10.8 Å². The molecule has 4 heteroatoms. The van der Waals surface area contributed by atoms with E-state index >= 15 is 0 Å². The molecule has 3 rings (SSSR count). The van der Waals surface area contributed by atoms with Crippen molar-refractivity contribution in [2.24, 2.45) is 5.73 Å². The second-order valence-corrected chi connectivity index (χ2v) is 7.38. The molecule has 0 saturated heterocycles. The largest absolute Gasteiger partial charge is 0.513 e. The Balaban J connectivity index is 0.000000720. The van der Waals surface area contributed by atoms with Crippen LogP contribution in [0.2, 0.25) is 0 Å². The minimum Gasteiger partial charge on any atom is -0.513 e. The Hall–Kier alpha value is -2.95. The van der Waals surface area contributed by atoms with Gasteiger partial charge in [0.1, 0.15) is 0 Å². The van der Waals surface area contributed by atoms with Crippen molar-refractivity contribution < 1.29 is 9.50 Å². The number of nitrogens with zero attached hydrogens (tertiary/aromatic N) is 1. The number of aliphatic hydroxyl groups is 1. The average molecular weight is 423 g/mol. The van der Waals surface area contributed by atoms with Crippen LogP contribution in [0.3, 0.4) is 0 Å². The number of allylic oxidation sites excluding steroid dienone is 1. The maximum Gasteiger partial charge on any atom is 0.0820 e. The van der Waals surface area contributed by atoms with Crippen LogP contribution in [0.4, 0.5) is 4.39 Å². The lowest BCUT2D eigenvalue weighted by Crippen LogP contribution is -2.22. The van der Waals surface area contributed by atoms with Gasteiger partial charge >= 0.3 is 0 Å². The molecule has 0 fully saturated rings. The first-order valence-corrected chi connectivity index (χ1v) is 10.3. The minimum atomic E-state index is 0.167. The fourth-order valence-corrected chi connectivity index (χ4v) is 3.19. The third-order valence-corrected chi connectivity index (χ3v) is 4.37. The van der Waals surface area contributed by atoms with E-state index in [0.717, 1.165) is 19.6 Å². The fourth-order valence-electron chi connectivity index (χ4n) is 3.19. The molecule has 0 spiro atoms. The summed E-state index contributed by atoms with van der Waals surface area (Å²) >= 11 is 0. The molecule has 3 nitrogen and oxygen atoms in total. The average Bonchev–Trinajstić information content (AvgIpc) is 2.75. The predicted octanol–water partition coefficient (Wildman–Crippen LogP) is 6.32. The minimum absolute atomic E-state index is 0.167. The summed E-state index contributed by atoms with van der Waals surface area (Å²) in [4.78, 5) is 2.49. The van der Waals surface area contributed by atoms with Crippen LogP contribution in [-0.4, -0.2) is 17.2 Å². The van der Waals surface area contributed by atoms with E-state index in [1.54, 1.807) is 0 Å². The van der Waals surface area contributed by atoms with Crippen LogP contribution in [0.15, 0.2) is 91.2 Å². The van der Waals surface area contributed by atoms with E-state index < -0.39 is 0 Å². The zero-order valence-electron chi connectivity index (χ0n) is 18.9. The standard InChI is InChI=1S/C23H26N2.C3H6O.CH3F/c1-19-7-5-11-22(13-19)17-25(16-20-8-3-2-4-9-20)18-23-12-6-10-21(14-23)15-24;1-3(2)4;1-2/h2-14H,15-18,24H2,1H3;4H,1H2,2H3;1H3. The number of aryl methyl sites for hydroxylation is 1. The molecule has 0 saturated carbocycles. The summed E-state index contributed by atoms with van der Waals surface area (Å²) < 4.78 is 9.50. The van der Waals surface area contributed by atoms with Crippen molar-refractivity contribution in [1.29, 1.82) is 0 Å². The van der Waals surface area contributed by atoms with Crippen molar-refractivity contribution in [3.63, 3.8) is 0 Å². The second-order valence-electron chi connectivity index (χ2n) is 7.38. The van der Waals surface area contributed by atoms with E-state index in [2.05, 4.69) is 97.3 Å². The van der Waals surface area contributed by atoms with Gasteiger partial charge in [0.15, 0.2) is 0 Å². The third kappa shape index (κ3) is 11.1. The molecular formula is C27H35FN2O. The molecule has 0 bridgehead atoms. The molecule has 0 radical (unpaired) electrons. The van der Waals surface area contributed by atoms with Crippen molar-refractivity contribution >= 4 is 0 Å². The quantitative estimate of drug-likeness (QED) is 0.438. The number of alkyl halides is 1. The van der Waals surface area contributed by atoms with Crippen molar-refractivity contribution in [3.8, 4) is 0 Å². The zero-order chi connectivity index (χ0) is 23.1. The summed E-state index contributed by atoms with van der Waals surface area (Å²) in [6.07, 6.45) is 0. The number of benzene rings is 3. The summed E-state index contributed by atoms with van der Waals surface area (Å²) in [5.41, 5.74) is 12.3. The predicted molar refractivity (Wildman–Crippen MR) is 129 cm³/mol. The maximum atomic E-state index is 9.50.